The fourth-order valence-electron chi connectivity index (χ4n) is 1.92. The van der Waals surface area contributed by atoms with Crippen LogP contribution >= 0.6 is 15.9 Å². The van der Waals surface area contributed by atoms with Crippen LogP contribution in [0.15, 0.2) is 33.6 Å². The molecule has 0 saturated carbocycles. The highest BCUT2D eigenvalue weighted by Gasteiger charge is 2.07. The first-order valence-corrected chi connectivity index (χ1v) is 9.12. The number of halogens is 1. The van der Waals surface area contributed by atoms with Gasteiger partial charge in [0.15, 0.2) is 0 Å². The molecule has 1 aromatic rings. The molecular weight excluding hydrogens is 322 g/mol. The summed E-state index contributed by atoms with van der Waals surface area (Å²) in [7, 11) is -0.882. The van der Waals surface area contributed by atoms with Crippen LogP contribution in [-0.2, 0) is 10.8 Å². The normalized spacial score (nSPS) is 14.3. The van der Waals surface area contributed by atoms with Gasteiger partial charge < -0.3 is 5.32 Å². The van der Waals surface area contributed by atoms with Gasteiger partial charge in [0.25, 0.3) is 0 Å². The predicted molar refractivity (Wildman–Crippen MR) is 87.0 cm³/mol. The Morgan fingerprint density at radius 3 is 2.74 bits per heavy atom. The van der Waals surface area contributed by atoms with Crippen LogP contribution in [0.2, 0.25) is 0 Å². The van der Waals surface area contributed by atoms with E-state index < -0.39 is 10.8 Å². The fourth-order valence-corrected chi connectivity index (χ4v) is 3.94. The molecule has 19 heavy (non-hydrogen) atoms. The Balaban J connectivity index is 2.23. The van der Waals surface area contributed by atoms with Gasteiger partial charge in [-0.2, -0.15) is 0 Å². The van der Waals surface area contributed by atoms with Gasteiger partial charge in [-0.05, 0) is 60.8 Å². The Kier molecular flexibility index (Phi) is 8.58. The molecule has 108 valence electrons. The molecule has 0 radical (unpaired) electrons. The lowest BCUT2D eigenvalue weighted by Crippen LogP contribution is -2.26. The number of rotatable bonds is 9. The summed E-state index contributed by atoms with van der Waals surface area (Å²) in [6, 6.07) is 8.34. The van der Waals surface area contributed by atoms with Crippen LogP contribution in [0.1, 0.15) is 39.5 Å². The SMILES string of the molecule is CCCNC(C)CCCCS(=O)c1ccccc1Br. The van der Waals surface area contributed by atoms with Crippen molar-refractivity contribution in [2.24, 2.45) is 0 Å². The second-order valence-electron chi connectivity index (χ2n) is 4.83. The van der Waals surface area contributed by atoms with Gasteiger partial charge in [-0.25, -0.2) is 0 Å². The monoisotopic (exact) mass is 345 g/mol. The van der Waals surface area contributed by atoms with Crippen molar-refractivity contribution in [1.29, 1.82) is 0 Å². The maximum atomic E-state index is 12.1. The maximum Gasteiger partial charge on any atom is 0.0541 e. The van der Waals surface area contributed by atoms with Crippen LogP contribution < -0.4 is 5.32 Å². The number of nitrogens with one attached hydrogen (secondary N) is 1. The minimum absolute atomic E-state index is 0.567. The van der Waals surface area contributed by atoms with Crippen molar-refractivity contribution in [3.63, 3.8) is 0 Å². The largest absolute Gasteiger partial charge is 0.314 e. The third-order valence-electron chi connectivity index (χ3n) is 3.04. The maximum absolute atomic E-state index is 12.1. The lowest BCUT2D eigenvalue weighted by atomic mass is 10.1. The van der Waals surface area contributed by atoms with E-state index in [9.17, 15) is 4.21 Å². The second-order valence-corrected chi connectivity index (χ2v) is 7.22. The molecule has 2 nitrogen and oxygen atoms in total. The fraction of sp³-hybridized carbons (Fsp3) is 0.600. The molecule has 0 aliphatic heterocycles. The van der Waals surface area contributed by atoms with Crippen LogP contribution in [0.3, 0.4) is 0 Å². The van der Waals surface area contributed by atoms with Crippen molar-refractivity contribution in [3.8, 4) is 0 Å². The highest BCUT2D eigenvalue weighted by molar-refractivity contribution is 9.10. The van der Waals surface area contributed by atoms with Crippen molar-refractivity contribution < 1.29 is 4.21 Å². The summed E-state index contributed by atoms with van der Waals surface area (Å²) in [5.74, 6) is 0.753. The first-order valence-electron chi connectivity index (χ1n) is 7.01. The molecule has 2 unspecified atom stereocenters. The summed E-state index contributed by atoms with van der Waals surface area (Å²) in [6.45, 7) is 5.49. The van der Waals surface area contributed by atoms with E-state index in [1.54, 1.807) is 0 Å². The van der Waals surface area contributed by atoms with E-state index >= 15 is 0 Å². The summed E-state index contributed by atoms with van der Waals surface area (Å²) in [5.41, 5.74) is 0. The Labute approximate surface area is 128 Å². The zero-order valence-corrected chi connectivity index (χ0v) is 14.2. The highest BCUT2D eigenvalue weighted by atomic mass is 79.9. The second kappa shape index (κ2) is 9.67. The Morgan fingerprint density at radius 1 is 1.32 bits per heavy atom. The van der Waals surface area contributed by atoms with E-state index in [1.807, 2.05) is 24.3 Å². The summed E-state index contributed by atoms with van der Waals surface area (Å²) >= 11 is 3.45. The lowest BCUT2D eigenvalue weighted by Gasteiger charge is -2.12. The van der Waals surface area contributed by atoms with E-state index in [2.05, 4.69) is 35.1 Å². The van der Waals surface area contributed by atoms with Gasteiger partial charge in [-0.15, -0.1) is 0 Å². The molecule has 1 N–H and O–H groups in total. The molecule has 0 amide bonds. The molecular formula is C15H24BrNOS. The zero-order valence-electron chi connectivity index (χ0n) is 11.8. The Hall–Kier alpha value is -0.190. The quantitative estimate of drug-likeness (QED) is 0.682. The smallest absolute Gasteiger partial charge is 0.0541 e. The van der Waals surface area contributed by atoms with Gasteiger partial charge in [-0.1, -0.05) is 25.5 Å². The number of unbranched alkanes of at least 4 members (excludes halogenated alkanes) is 1. The highest BCUT2D eigenvalue weighted by Crippen LogP contribution is 2.20. The molecule has 0 fully saturated rings. The minimum Gasteiger partial charge on any atom is -0.314 e. The van der Waals surface area contributed by atoms with Crippen molar-refractivity contribution in [3.05, 3.63) is 28.7 Å². The average Bonchev–Trinajstić information content (AvgIpc) is 2.41. The van der Waals surface area contributed by atoms with Crippen LogP contribution in [0.25, 0.3) is 0 Å². The average molecular weight is 346 g/mol. The van der Waals surface area contributed by atoms with E-state index in [4.69, 9.17) is 0 Å². The summed E-state index contributed by atoms with van der Waals surface area (Å²) < 4.78 is 13.1. The molecule has 0 aliphatic carbocycles. The Bertz CT molecular complexity index is 397. The molecule has 0 bridgehead atoms. The number of hydrogen-bond donors (Lipinski definition) is 1. The van der Waals surface area contributed by atoms with Gasteiger partial charge in [0, 0.05) is 16.3 Å². The topological polar surface area (TPSA) is 29.1 Å². The number of hydrogen-bond acceptors (Lipinski definition) is 2. The summed E-state index contributed by atoms with van der Waals surface area (Å²) in [4.78, 5) is 0.916. The first kappa shape index (κ1) is 16.9. The van der Waals surface area contributed by atoms with E-state index in [0.29, 0.717) is 6.04 Å². The van der Waals surface area contributed by atoms with Crippen LogP contribution in [0.4, 0.5) is 0 Å². The predicted octanol–water partition coefficient (Wildman–Crippen LogP) is 4.12. The third kappa shape index (κ3) is 6.68. The van der Waals surface area contributed by atoms with Gasteiger partial charge in [0.1, 0.15) is 0 Å². The minimum atomic E-state index is -0.882. The Morgan fingerprint density at radius 2 is 2.05 bits per heavy atom. The van der Waals surface area contributed by atoms with Crippen molar-refractivity contribution in [2.45, 2.75) is 50.5 Å². The third-order valence-corrected chi connectivity index (χ3v) is 5.50. The van der Waals surface area contributed by atoms with Crippen molar-refractivity contribution in [1.82, 2.24) is 5.32 Å². The van der Waals surface area contributed by atoms with E-state index in [1.165, 1.54) is 6.42 Å². The molecule has 0 aliphatic rings. The van der Waals surface area contributed by atoms with Crippen LogP contribution in [0, 0.1) is 0 Å². The number of benzene rings is 1. The van der Waals surface area contributed by atoms with E-state index in [-0.39, 0.29) is 0 Å². The van der Waals surface area contributed by atoms with Crippen molar-refractivity contribution in [2.75, 3.05) is 12.3 Å². The molecule has 4 heteroatoms. The molecule has 0 aromatic heterocycles. The van der Waals surface area contributed by atoms with Crippen LogP contribution in [-0.4, -0.2) is 22.5 Å². The van der Waals surface area contributed by atoms with Gasteiger partial charge in [0.2, 0.25) is 0 Å². The van der Waals surface area contributed by atoms with Gasteiger partial charge >= 0.3 is 0 Å². The molecule has 0 saturated heterocycles. The summed E-state index contributed by atoms with van der Waals surface area (Å²) in [6.07, 6.45) is 4.49. The lowest BCUT2D eigenvalue weighted by molar-refractivity contribution is 0.495. The molecule has 1 rings (SSSR count). The van der Waals surface area contributed by atoms with E-state index in [0.717, 1.165) is 40.9 Å². The van der Waals surface area contributed by atoms with Crippen molar-refractivity contribution >= 4 is 26.7 Å². The molecule has 2 atom stereocenters. The standard InChI is InChI=1S/C15H24BrNOS/c1-3-11-17-13(2)8-6-7-12-19(18)15-10-5-4-9-14(15)16/h4-5,9-10,13,17H,3,6-8,11-12H2,1-2H3. The van der Waals surface area contributed by atoms with Gasteiger partial charge in [0.05, 0.1) is 15.7 Å². The van der Waals surface area contributed by atoms with Crippen LogP contribution in [0.5, 0.6) is 0 Å². The zero-order chi connectivity index (χ0) is 14.1. The molecule has 0 spiro atoms. The van der Waals surface area contributed by atoms with Gasteiger partial charge in [-0.3, -0.25) is 4.21 Å². The molecule has 1 aromatic carbocycles. The molecule has 0 heterocycles. The summed E-state index contributed by atoms with van der Waals surface area (Å²) in [5, 5.41) is 3.48. The first-order chi connectivity index (χ1) is 9.15.